The van der Waals surface area contributed by atoms with Crippen LogP contribution in [0.15, 0.2) is 79.5 Å². The van der Waals surface area contributed by atoms with Gasteiger partial charge in [0.25, 0.3) is 5.91 Å². The van der Waals surface area contributed by atoms with Crippen LogP contribution in [0.2, 0.25) is 5.02 Å². The second kappa shape index (κ2) is 13.7. The number of carbonyl (C=O) groups excluding carboxylic acids is 2. The number of allylic oxidation sites excluding steroid dienone is 1. The third-order valence-corrected chi connectivity index (χ3v) is 7.91. The third kappa shape index (κ3) is 7.42. The number of hydrogen-bond acceptors (Lipinski definition) is 8. The number of hydrogen-bond donors (Lipinski definition) is 3. The van der Waals surface area contributed by atoms with E-state index in [4.69, 9.17) is 16.6 Å². The van der Waals surface area contributed by atoms with E-state index in [0.717, 1.165) is 54.2 Å². The van der Waals surface area contributed by atoms with Crippen LogP contribution in [0.4, 0.5) is 34.5 Å². The van der Waals surface area contributed by atoms with Gasteiger partial charge in [-0.05, 0) is 80.1 Å². The fraction of sp³-hybridized carbons (Fsp3) is 0.235. The first-order chi connectivity index (χ1) is 21.2. The van der Waals surface area contributed by atoms with Gasteiger partial charge in [-0.3, -0.25) is 9.59 Å². The summed E-state index contributed by atoms with van der Waals surface area (Å²) in [6.45, 7) is 11.5. The number of aryl methyl sites for hydroxylation is 2. The largest absolute Gasteiger partial charge is 0.369 e. The van der Waals surface area contributed by atoms with Crippen LogP contribution in [0.5, 0.6) is 0 Å². The Morgan fingerprint density at radius 1 is 1.00 bits per heavy atom. The van der Waals surface area contributed by atoms with Gasteiger partial charge in [0.1, 0.15) is 11.4 Å². The van der Waals surface area contributed by atoms with Gasteiger partial charge in [-0.25, -0.2) is 4.98 Å². The van der Waals surface area contributed by atoms with Gasteiger partial charge in [0.05, 0.1) is 10.7 Å². The summed E-state index contributed by atoms with van der Waals surface area (Å²) in [4.78, 5) is 39.7. The van der Waals surface area contributed by atoms with Crippen molar-refractivity contribution in [1.29, 1.82) is 0 Å². The smallest absolute Gasteiger partial charge is 0.261 e. The summed E-state index contributed by atoms with van der Waals surface area (Å²) >= 11 is 6.40. The Balaban J connectivity index is 1.45. The molecule has 0 bridgehead atoms. The van der Waals surface area contributed by atoms with E-state index in [1.807, 2.05) is 56.3 Å². The van der Waals surface area contributed by atoms with Gasteiger partial charge in [-0.1, -0.05) is 42.4 Å². The molecular formula is C34H36ClN7O2. The number of rotatable bonds is 10. The first-order valence-corrected chi connectivity index (χ1v) is 14.8. The Morgan fingerprint density at radius 3 is 2.45 bits per heavy atom. The molecule has 0 radical (unpaired) electrons. The summed E-state index contributed by atoms with van der Waals surface area (Å²) < 4.78 is 0. The Labute approximate surface area is 263 Å². The van der Waals surface area contributed by atoms with E-state index in [1.165, 1.54) is 12.3 Å². The molecule has 4 aromatic rings. The minimum atomic E-state index is -0.428. The Hall–Kier alpha value is -4.73. The van der Waals surface area contributed by atoms with E-state index in [-0.39, 0.29) is 23.6 Å². The quantitative estimate of drug-likeness (QED) is 0.174. The Kier molecular flexibility index (Phi) is 9.57. The zero-order valence-corrected chi connectivity index (χ0v) is 25.9. The number of nitrogens with zero attached hydrogens (tertiary/aromatic N) is 4. The lowest BCUT2D eigenvalue weighted by Crippen LogP contribution is -2.44. The molecule has 1 fully saturated rings. The first-order valence-electron chi connectivity index (χ1n) is 14.5. The lowest BCUT2D eigenvalue weighted by molar-refractivity contribution is -0.114. The molecule has 0 aliphatic carbocycles. The highest BCUT2D eigenvalue weighted by Gasteiger charge is 2.20. The van der Waals surface area contributed by atoms with Crippen LogP contribution in [0.3, 0.4) is 0 Å². The maximum Gasteiger partial charge on any atom is 0.261 e. The van der Waals surface area contributed by atoms with Crippen LogP contribution in [0.1, 0.15) is 27.0 Å². The highest BCUT2D eigenvalue weighted by atomic mass is 35.5. The van der Waals surface area contributed by atoms with Gasteiger partial charge in [0, 0.05) is 55.9 Å². The SMILES string of the molecule is C=CC(=O)Cc1ccc(C)cc1Nc1nc(Nc2ccc(N3CCN(C)CC3)cc2)ncc1C(=O)Nc1c(C)cccc1Cl. The molecule has 3 N–H and O–H groups in total. The molecule has 1 aliphatic rings. The molecule has 9 nitrogen and oxygen atoms in total. The normalized spacial score (nSPS) is 13.3. The van der Waals surface area contributed by atoms with Gasteiger partial charge in [0.2, 0.25) is 5.95 Å². The third-order valence-electron chi connectivity index (χ3n) is 7.60. The predicted molar refractivity (Wildman–Crippen MR) is 179 cm³/mol. The molecule has 0 spiro atoms. The number of nitrogens with one attached hydrogen (secondary N) is 3. The molecule has 2 heterocycles. The second-order valence-corrected chi connectivity index (χ2v) is 11.3. The zero-order chi connectivity index (χ0) is 31.2. The summed E-state index contributed by atoms with van der Waals surface area (Å²) in [5, 5.41) is 9.90. The number of aromatic nitrogens is 2. The van der Waals surface area contributed by atoms with Crippen molar-refractivity contribution >= 4 is 57.8 Å². The summed E-state index contributed by atoms with van der Waals surface area (Å²) in [5.41, 5.74) is 5.91. The number of halogens is 1. The second-order valence-electron chi connectivity index (χ2n) is 10.9. The molecule has 5 rings (SSSR count). The van der Waals surface area contributed by atoms with Crippen LogP contribution in [-0.2, 0) is 11.2 Å². The molecule has 1 aromatic heterocycles. The molecule has 10 heteroatoms. The Bertz CT molecular complexity index is 1660. The van der Waals surface area contributed by atoms with Crippen molar-refractivity contribution in [3.63, 3.8) is 0 Å². The Morgan fingerprint density at radius 2 is 1.75 bits per heavy atom. The molecule has 0 atom stereocenters. The van der Waals surface area contributed by atoms with E-state index < -0.39 is 5.91 Å². The first kappa shape index (κ1) is 30.7. The van der Waals surface area contributed by atoms with E-state index in [9.17, 15) is 9.59 Å². The maximum atomic E-state index is 13.6. The summed E-state index contributed by atoms with van der Waals surface area (Å²) in [7, 11) is 2.14. The maximum absolute atomic E-state index is 13.6. The van der Waals surface area contributed by atoms with E-state index in [1.54, 1.807) is 6.07 Å². The lowest BCUT2D eigenvalue weighted by Gasteiger charge is -2.34. The standard InChI is InChI=1S/C34H36ClN7O2/c1-5-27(43)20-24-10-9-22(2)19-30(24)38-32-28(33(44)39-31-23(3)7-6-8-29(31)35)21-36-34(40-32)37-25-11-13-26(14-12-25)42-17-15-41(4)16-18-42/h5-14,19,21H,1,15-18,20H2,2-4H3,(H,39,44)(H2,36,37,38,40). The van der Waals surface area contributed by atoms with E-state index in [2.05, 4.69) is 56.5 Å². The van der Waals surface area contributed by atoms with Crippen molar-refractivity contribution in [3.8, 4) is 0 Å². The molecule has 226 valence electrons. The molecule has 1 saturated heterocycles. The number of para-hydroxylation sites is 1. The fourth-order valence-corrected chi connectivity index (χ4v) is 5.24. The van der Waals surface area contributed by atoms with Gasteiger partial charge in [-0.15, -0.1) is 0 Å². The number of carbonyl (C=O) groups is 2. The van der Waals surface area contributed by atoms with Gasteiger partial charge in [0.15, 0.2) is 5.78 Å². The molecule has 3 aromatic carbocycles. The molecule has 44 heavy (non-hydrogen) atoms. The fourth-order valence-electron chi connectivity index (χ4n) is 4.97. The average Bonchev–Trinajstić information content (AvgIpc) is 3.01. The highest BCUT2D eigenvalue weighted by molar-refractivity contribution is 6.34. The minimum Gasteiger partial charge on any atom is -0.369 e. The number of amides is 1. The number of benzene rings is 3. The topological polar surface area (TPSA) is 102 Å². The number of likely N-dealkylation sites (N-methyl/N-ethyl adjacent to an activating group) is 1. The van der Waals surface area contributed by atoms with Crippen LogP contribution in [0, 0.1) is 13.8 Å². The lowest BCUT2D eigenvalue weighted by atomic mass is 10.0. The summed E-state index contributed by atoms with van der Waals surface area (Å²) in [6, 6.07) is 19.3. The number of piperazine rings is 1. The van der Waals surface area contributed by atoms with Crippen LogP contribution in [0.25, 0.3) is 0 Å². The van der Waals surface area contributed by atoms with Crippen molar-refractivity contribution < 1.29 is 9.59 Å². The molecule has 1 aliphatic heterocycles. The monoisotopic (exact) mass is 609 g/mol. The average molecular weight is 610 g/mol. The van der Waals surface area contributed by atoms with Crippen LogP contribution in [-0.4, -0.2) is 59.8 Å². The van der Waals surface area contributed by atoms with Crippen molar-refractivity contribution in [3.05, 3.63) is 107 Å². The van der Waals surface area contributed by atoms with Crippen LogP contribution < -0.4 is 20.9 Å². The molecule has 1 amide bonds. The minimum absolute atomic E-state index is 0.117. The molecule has 0 saturated carbocycles. The van der Waals surface area contributed by atoms with Gasteiger partial charge >= 0.3 is 0 Å². The van der Waals surface area contributed by atoms with Gasteiger partial charge < -0.3 is 25.8 Å². The summed E-state index contributed by atoms with van der Waals surface area (Å²) in [6.07, 6.45) is 2.93. The van der Waals surface area contributed by atoms with Crippen molar-refractivity contribution in [2.24, 2.45) is 0 Å². The van der Waals surface area contributed by atoms with Crippen molar-refractivity contribution in [2.75, 3.05) is 54.1 Å². The number of ketones is 1. The van der Waals surface area contributed by atoms with Gasteiger partial charge in [-0.2, -0.15) is 4.98 Å². The van der Waals surface area contributed by atoms with Crippen molar-refractivity contribution in [1.82, 2.24) is 14.9 Å². The molecular weight excluding hydrogens is 574 g/mol. The molecule has 0 unspecified atom stereocenters. The van der Waals surface area contributed by atoms with E-state index in [0.29, 0.717) is 22.3 Å². The van der Waals surface area contributed by atoms with Crippen molar-refractivity contribution in [2.45, 2.75) is 20.3 Å². The van der Waals surface area contributed by atoms with E-state index >= 15 is 0 Å². The van der Waals surface area contributed by atoms with Crippen LogP contribution >= 0.6 is 11.6 Å². The highest BCUT2D eigenvalue weighted by Crippen LogP contribution is 2.29. The summed E-state index contributed by atoms with van der Waals surface area (Å²) in [5.74, 6) is 0.0376. The predicted octanol–water partition coefficient (Wildman–Crippen LogP) is 6.54. The number of anilines is 6. The zero-order valence-electron chi connectivity index (χ0n) is 25.2.